The molecule has 1 fully saturated rings. The number of para-hydroxylation sites is 1. The molecule has 1 atom stereocenters. The summed E-state index contributed by atoms with van der Waals surface area (Å²) in [4.78, 5) is 15.8. The number of hydrogen-bond acceptors (Lipinski definition) is 3. The molecule has 3 rings (SSSR count). The third-order valence-electron chi connectivity index (χ3n) is 4.31. The Hall–Kier alpha value is -1.81. The molecule has 1 N–H and O–H groups in total. The molecule has 1 aliphatic rings. The Morgan fingerprint density at radius 1 is 1.22 bits per heavy atom. The van der Waals surface area contributed by atoms with Crippen LogP contribution in [0.3, 0.4) is 0 Å². The van der Waals surface area contributed by atoms with Crippen molar-refractivity contribution in [1.29, 1.82) is 0 Å². The molecular formula is C19H24N2OS. The fraction of sp³-hybridized carbons (Fsp3) is 0.421. The fourth-order valence-corrected chi connectivity index (χ4v) is 3.87. The van der Waals surface area contributed by atoms with Crippen molar-refractivity contribution in [1.82, 2.24) is 4.90 Å². The number of hydrogen-bond donors (Lipinski definition) is 1. The summed E-state index contributed by atoms with van der Waals surface area (Å²) < 4.78 is 0. The summed E-state index contributed by atoms with van der Waals surface area (Å²) in [5.41, 5.74) is 1.14. The number of nitrogens with zero attached hydrogens (tertiary/aromatic N) is 1. The molecule has 2 aromatic rings. The predicted molar refractivity (Wildman–Crippen MR) is 96.9 cm³/mol. The third kappa shape index (κ3) is 4.83. The molecule has 1 saturated heterocycles. The molecule has 0 unspecified atom stereocenters. The highest BCUT2D eigenvalue weighted by atomic mass is 32.1. The minimum atomic E-state index is 0.307. The summed E-state index contributed by atoms with van der Waals surface area (Å²) in [6, 6.07) is 14.9. The molecule has 0 aliphatic carbocycles. The van der Waals surface area contributed by atoms with E-state index in [1.807, 2.05) is 23.1 Å². The van der Waals surface area contributed by atoms with Crippen LogP contribution in [0.4, 0.5) is 5.69 Å². The summed E-state index contributed by atoms with van der Waals surface area (Å²) in [5, 5.41) is 5.65. The number of anilines is 1. The summed E-state index contributed by atoms with van der Waals surface area (Å²) >= 11 is 1.78. The molecular weight excluding hydrogens is 304 g/mol. The highest BCUT2D eigenvalue weighted by molar-refractivity contribution is 7.09. The van der Waals surface area contributed by atoms with Gasteiger partial charge in [0.25, 0.3) is 0 Å². The number of likely N-dealkylation sites (tertiary alicyclic amines) is 1. The van der Waals surface area contributed by atoms with Crippen molar-refractivity contribution in [2.24, 2.45) is 0 Å². The van der Waals surface area contributed by atoms with E-state index in [1.165, 1.54) is 4.88 Å². The molecule has 23 heavy (non-hydrogen) atoms. The molecule has 0 saturated carbocycles. The largest absolute Gasteiger partial charge is 0.381 e. The van der Waals surface area contributed by atoms with Crippen molar-refractivity contribution in [3.8, 4) is 0 Å². The Kier molecular flexibility index (Phi) is 5.70. The van der Waals surface area contributed by atoms with E-state index >= 15 is 0 Å². The fourth-order valence-electron chi connectivity index (χ4n) is 3.12. The van der Waals surface area contributed by atoms with E-state index in [1.54, 1.807) is 11.3 Å². The molecule has 0 spiro atoms. The highest BCUT2D eigenvalue weighted by Crippen LogP contribution is 2.18. The Labute approximate surface area is 142 Å². The van der Waals surface area contributed by atoms with E-state index in [-0.39, 0.29) is 0 Å². The number of nitrogens with one attached hydrogen (secondary N) is 1. The summed E-state index contributed by atoms with van der Waals surface area (Å²) in [5.74, 6) is 0.307. The average Bonchev–Trinajstić information content (AvgIpc) is 3.09. The predicted octanol–water partition coefficient (Wildman–Crippen LogP) is 4.17. The van der Waals surface area contributed by atoms with E-state index in [0.717, 1.165) is 44.5 Å². The Bertz CT molecular complexity index is 597. The van der Waals surface area contributed by atoms with Crippen molar-refractivity contribution in [3.05, 3.63) is 52.7 Å². The zero-order chi connectivity index (χ0) is 15.9. The number of carbonyl (C=O) groups excluding carboxylic acids is 1. The smallest absolute Gasteiger partial charge is 0.222 e. The molecule has 4 heteroatoms. The molecule has 1 aromatic carbocycles. The number of piperidine rings is 1. The van der Waals surface area contributed by atoms with Crippen LogP contribution in [0.25, 0.3) is 0 Å². The lowest BCUT2D eigenvalue weighted by molar-refractivity contribution is -0.132. The molecule has 0 bridgehead atoms. The number of amides is 1. The minimum Gasteiger partial charge on any atom is -0.381 e. The average molecular weight is 328 g/mol. The van der Waals surface area contributed by atoms with Gasteiger partial charge >= 0.3 is 0 Å². The lowest BCUT2D eigenvalue weighted by Crippen LogP contribution is -2.45. The van der Waals surface area contributed by atoms with Crippen LogP contribution >= 0.6 is 11.3 Å². The summed E-state index contributed by atoms with van der Waals surface area (Å²) in [6.45, 7) is 1.73. The first-order valence-corrected chi connectivity index (χ1v) is 9.31. The van der Waals surface area contributed by atoms with E-state index in [2.05, 4.69) is 35.0 Å². The van der Waals surface area contributed by atoms with Crippen LogP contribution in [-0.2, 0) is 11.2 Å². The second-order valence-electron chi connectivity index (χ2n) is 6.12. The van der Waals surface area contributed by atoms with E-state index in [4.69, 9.17) is 0 Å². The second kappa shape index (κ2) is 8.16. The molecule has 1 aromatic heterocycles. The van der Waals surface area contributed by atoms with Gasteiger partial charge in [-0.2, -0.15) is 0 Å². The van der Waals surface area contributed by atoms with Gasteiger partial charge in [0, 0.05) is 36.1 Å². The van der Waals surface area contributed by atoms with Crippen LogP contribution in [-0.4, -0.2) is 29.9 Å². The van der Waals surface area contributed by atoms with Gasteiger partial charge in [0.15, 0.2) is 0 Å². The molecule has 2 heterocycles. The summed E-state index contributed by atoms with van der Waals surface area (Å²) in [7, 11) is 0. The standard InChI is InChI=1S/C19H24N2OS/c22-19(12-4-10-18-11-6-14-23-18)21-13-5-9-17(15-21)20-16-7-2-1-3-8-16/h1-3,6-8,11,14,17,20H,4-5,9-10,12-13,15H2/t17-/m0/s1. The Morgan fingerprint density at radius 2 is 2.09 bits per heavy atom. The van der Waals surface area contributed by atoms with Gasteiger partial charge in [-0.05, 0) is 49.3 Å². The van der Waals surface area contributed by atoms with Crippen molar-refractivity contribution in [3.63, 3.8) is 0 Å². The van der Waals surface area contributed by atoms with E-state index in [9.17, 15) is 4.79 Å². The van der Waals surface area contributed by atoms with Gasteiger partial charge in [-0.1, -0.05) is 24.3 Å². The molecule has 1 amide bonds. The number of thiophene rings is 1. The Balaban J connectivity index is 1.44. The monoisotopic (exact) mass is 328 g/mol. The summed E-state index contributed by atoms with van der Waals surface area (Å²) in [6.07, 6.45) is 4.85. The van der Waals surface area contributed by atoms with E-state index < -0.39 is 0 Å². The topological polar surface area (TPSA) is 32.3 Å². The van der Waals surface area contributed by atoms with Crippen LogP contribution in [0.15, 0.2) is 47.8 Å². The van der Waals surface area contributed by atoms with Crippen LogP contribution in [0.5, 0.6) is 0 Å². The maximum absolute atomic E-state index is 12.4. The first kappa shape index (κ1) is 16.1. The maximum Gasteiger partial charge on any atom is 0.222 e. The van der Waals surface area contributed by atoms with Gasteiger partial charge in [-0.3, -0.25) is 4.79 Å². The molecule has 1 aliphatic heterocycles. The molecule has 122 valence electrons. The van der Waals surface area contributed by atoms with Gasteiger partial charge in [-0.15, -0.1) is 11.3 Å². The van der Waals surface area contributed by atoms with E-state index in [0.29, 0.717) is 18.4 Å². The number of aryl methyl sites for hydroxylation is 1. The minimum absolute atomic E-state index is 0.307. The number of rotatable bonds is 6. The van der Waals surface area contributed by atoms with Crippen molar-refractivity contribution >= 4 is 22.9 Å². The second-order valence-corrected chi connectivity index (χ2v) is 7.15. The van der Waals surface area contributed by atoms with Gasteiger partial charge in [0.1, 0.15) is 0 Å². The maximum atomic E-state index is 12.4. The first-order chi connectivity index (χ1) is 11.3. The Morgan fingerprint density at radius 3 is 2.87 bits per heavy atom. The zero-order valence-corrected chi connectivity index (χ0v) is 14.2. The first-order valence-electron chi connectivity index (χ1n) is 8.43. The van der Waals surface area contributed by atoms with Crippen molar-refractivity contribution in [2.75, 3.05) is 18.4 Å². The van der Waals surface area contributed by atoms with Crippen LogP contribution in [0.1, 0.15) is 30.6 Å². The van der Waals surface area contributed by atoms with Gasteiger partial charge in [0.2, 0.25) is 5.91 Å². The molecule has 0 radical (unpaired) electrons. The third-order valence-corrected chi connectivity index (χ3v) is 5.25. The lowest BCUT2D eigenvalue weighted by Gasteiger charge is -2.33. The van der Waals surface area contributed by atoms with Crippen LogP contribution < -0.4 is 5.32 Å². The lowest BCUT2D eigenvalue weighted by atomic mass is 10.0. The quantitative estimate of drug-likeness (QED) is 0.863. The van der Waals surface area contributed by atoms with Crippen molar-refractivity contribution in [2.45, 2.75) is 38.1 Å². The molecule has 3 nitrogen and oxygen atoms in total. The van der Waals surface area contributed by atoms with Crippen molar-refractivity contribution < 1.29 is 4.79 Å². The van der Waals surface area contributed by atoms with Gasteiger partial charge in [0.05, 0.1) is 0 Å². The normalized spacial score (nSPS) is 17.9. The van der Waals surface area contributed by atoms with Crippen LogP contribution in [0, 0.1) is 0 Å². The van der Waals surface area contributed by atoms with Gasteiger partial charge < -0.3 is 10.2 Å². The number of carbonyl (C=O) groups is 1. The van der Waals surface area contributed by atoms with Gasteiger partial charge in [-0.25, -0.2) is 0 Å². The van der Waals surface area contributed by atoms with Crippen LogP contribution in [0.2, 0.25) is 0 Å². The number of benzene rings is 1. The SMILES string of the molecule is O=C(CCCc1cccs1)N1CCC[C@H](Nc2ccccc2)C1. The zero-order valence-electron chi connectivity index (χ0n) is 13.4. The highest BCUT2D eigenvalue weighted by Gasteiger charge is 2.23.